The van der Waals surface area contributed by atoms with Gasteiger partial charge in [0.1, 0.15) is 11.5 Å². The molecule has 2 aromatic heterocycles. The number of urea groups is 1. The maximum atomic E-state index is 14.1. The van der Waals surface area contributed by atoms with Gasteiger partial charge in [-0.25, -0.2) is 9.18 Å². The minimum absolute atomic E-state index is 0.132. The van der Waals surface area contributed by atoms with E-state index >= 15 is 0 Å². The first-order valence-electron chi connectivity index (χ1n) is 9.62. The lowest BCUT2D eigenvalue weighted by Gasteiger charge is -2.14. The number of carbonyl (C=O) groups is 2. The third-order valence-corrected chi connectivity index (χ3v) is 5.18. The van der Waals surface area contributed by atoms with Gasteiger partial charge in [0, 0.05) is 29.8 Å². The van der Waals surface area contributed by atoms with Crippen LogP contribution in [0.25, 0.3) is 11.1 Å². The lowest BCUT2D eigenvalue weighted by atomic mass is 10.0. The Labute approximate surface area is 182 Å². The number of aromatic nitrogens is 3. The molecule has 4 rings (SSSR count). The van der Waals surface area contributed by atoms with Gasteiger partial charge < -0.3 is 15.4 Å². The van der Waals surface area contributed by atoms with Crippen molar-refractivity contribution in [3.63, 3.8) is 0 Å². The number of aromatic amines is 1. The maximum absolute atomic E-state index is 14.1. The summed E-state index contributed by atoms with van der Waals surface area (Å²) in [5.74, 6) is -0.252. The van der Waals surface area contributed by atoms with E-state index in [2.05, 4.69) is 25.8 Å². The van der Waals surface area contributed by atoms with E-state index in [4.69, 9.17) is 16.3 Å². The Morgan fingerprint density at radius 1 is 1.32 bits per heavy atom. The molecule has 3 heterocycles. The second kappa shape index (κ2) is 8.73. The minimum Gasteiger partial charge on any atom is -0.476 e. The average Bonchev–Trinajstić information content (AvgIpc) is 3.18. The van der Waals surface area contributed by atoms with E-state index in [9.17, 15) is 14.0 Å². The van der Waals surface area contributed by atoms with Crippen LogP contribution in [0.2, 0.25) is 5.02 Å². The number of H-pyrrole nitrogens is 1. The summed E-state index contributed by atoms with van der Waals surface area (Å²) in [6.45, 7) is 2.25. The van der Waals surface area contributed by atoms with Crippen LogP contribution >= 0.6 is 11.6 Å². The van der Waals surface area contributed by atoms with E-state index in [-0.39, 0.29) is 23.0 Å². The number of ketones is 1. The first kappa shape index (κ1) is 20.8. The molecule has 2 amide bonds. The predicted octanol–water partition coefficient (Wildman–Crippen LogP) is 4.11. The first-order valence-corrected chi connectivity index (χ1v) is 10.0. The molecular weight excluding hydrogens is 425 g/mol. The highest BCUT2D eigenvalue weighted by molar-refractivity contribution is 6.31. The summed E-state index contributed by atoms with van der Waals surface area (Å²) in [7, 11) is 0. The van der Waals surface area contributed by atoms with Crippen LogP contribution in [-0.2, 0) is 13.0 Å². The quantitative estimate of drug-likeness (QED) is 0.514. The first-order chi connectivity index (χ1) is 14.9. The molecule has 0 bridgehead atoms. The highest BCUT2D eigenvalue weighted by Crippen LogP contribution is 2.32. The number of ether oxygens (including phenoxy) is 1. The third-order valence-electron chi connectivity index (χ3n) is 4.89. The number of hydrogen-bond donors (Lipinski definition) is 3. The Kier molecular flexibility index (Phi) is 5.85. The number of nitrogens with zero attached hydrogens (tertiary/aromatic N) is 2. The largest absolute Gasteiger partial charge is 0.476 e. The molecule has 0 atom stereocenters. The number of benzene rings is 1. The van der Waals surface area contributed by atoms with Gasteiger partial charge in [-0.3, -0.25) is 14.9 Å². The number of halogens is 2. The Bertz CT molecular complexity index is 1150. The zero-order valence-electron chi connectivity index (χ0n) is 16.6. The number of nitrogens with one attached hydrogen (secondary N) is 3. The molecule has 8 nitrogen and oxygen atoms in total. The third kappa shape index (κ3) is 4.51. The summed E-state index contributed by atoms with van der Waals surface area (Å²) < 4.78 is 19.6. The van der Waals surface area contributed by atoms with Gasteiger partial charge >= 0.3 is 6.03 Å². The SMILES string of the molecule is CC(=O)c1ccc(-c2cc(F)c(Cl)cc2NC(=O)NCc2[nH]nc3c2CCCO3)cn1. The molecule has 0 spiro atoms. The molecular formula is C21H19ClFN5O3. The maximum Gasteiger partial charge on any atom is 0.319 e. The second-order valence-electron chi connectivity index (χ2n) is 7.05. The Hall–Kier alpha value is -3.46. The number of rotatable bonds is 5. The van der Waals surface area contributed by atoms with Crippen molar-refractivity contribution in [3.05, 3.63) is 58.3 Å². The molecule has 10 heteroatoms. The zero-order chi connectivity index (χ0) is 22.0. The minimum atomic E-state index is -0.637. The summed E-state index contributed by atoms with van der Waals surface area (Å²) in [4.78, 5) is 28.0. The summed E-state index contributed by atoms with van der Waals surface area (Å²) in [5.41, 5.74) is 3.22. The normalized spacial score (nSPS) is 12.6. The highest BCUT2D eigenvalue weighted by Gasteiger charge is 2.19. The zero-order valence-corrected chi connectivity index (χ0v) is 17.3. The van der Waals surface area contributed by atoms with Crippen molar-refractivity contribution in [1.82, 2.24) is 20.5 Å². The number of anilines is 1. The molecule has 0 aliphatic carbocycles. The van der Waals surface area contributed by atoms with Crippen molar-refractivity contribution < 1.29 is 18.7 Å². The summed E-state index contributed by atoms with van der Waals surface area (Å²) >= 11 is 5.93. The van der Waals surface area contributed by atoms with Crippen molar-refractivity contribution in [3.8, 4) is 17.0 Å². The number of amides is 2. The molecule has 3 aromatic rings. The molecule has 3 N–H and O–H groups in total. The van der Waals surface area contributed by atoms with Gasteiger partial charge in [0.2, 0.25) is 5.88 Å². The lowest BCUT2D eigenvalue weighted by molar-refractivity contribution is 0.101. The molecule has 1 aliphatic rings. The fourth-order valence-corrected chi connectivity index (χ4v) is 3.47. The highest BCUT2D eigenvalue weighted by atomic mass is 35.5. The second-order valence-corrected chi connectivity index (χ2v) is 7.45. The smallest absolute Gasteiger partial charge is 0.319 e. The van der Waals surface area contributed by atoms with Gasteiger partial charge in [0.05, 0.1) is 29.6 Å². The van der Waals surface area contributed by atoms with Gasteiger partial charge in [0.25, 0.3) is 0 Å². The predicted molar refractivity (Wildman–Crippen MR) is 113 cm³/mol. The van der Waals surface area contributed by atoms with Crippen molar-refractivity contribution >= 4 is 29.1 Å². The van der Waals surface area contributed by atoms with E-state index in [0.29, 0.717) is 29.3 Å². The van der Waals surface area contributed by atoms with Crippen LogP contribution in [-0.4, -0.2) is 33.6 Å². The summed E-state index contributed by atoms with van der Waals surface area (Å²) in [5, 5.41) is 12.3. The molecule has 0 saturated carbocycles. The van der Waals surface area contributed by atoms with Crippen molar-refractivity contribution in [2.75, 3.05) is 11.9 Å². The topological polar surface area (TPSA) is 109 Å². The van der Waals surface area contributed by atoms with E-state index in [0.717, 1.165) is 24.1 Å². The van der Waals surface area contributed by atoms with Gasteiger partial charge in [0.15, 0.2) is 5.78 Å². The fourth-order valence-electron chi connectivity index (χ4n) is 3.31. The van der Waals surface area contributed by atoms with E-state index in [1.807, 2.05) is 0 Å². The number of carbonyl (C=O) groups excluding carboxylic acids is 2. The fraction of sp³-hybridized carbons (Fsp3) is 0.238. The Morgan fingerprint density at radius 2 is 2.16 bits per heavy atom. The molecule has 1 aromatic carbocycles. The monoisotopic (exact) mass is 443 g/mol. The van der Waals surface area contributed by atoms with Gasteiger partial charge in [-0.05, 0) is 31.0 Å². The number of fused-ring (bicyclic) bond motifs is 1. The van der Waals surface area contributed by atoms with Crippen LogP contribution < -0.4 is 15.4 Å². The van der Waals surface area contributed by atoms with Crippen LogP contribution in [0.5, 0.6) is 5.88 Å². The molecule has 0 fully saturated rings. The van der Waals surface area contributed by atoms with E-state index in [1.54, 1.807) is 6.07 Å². The Morgan fingerprint density at radius 3 is 2.90 bits per heavy atom. The van der Waals surface area contributed by atoms with Crippen LogP contribution in [0.3, 0.4) is 0 Å². The molecule has 1 aliphatic heterocycles. The molecule has 0 unspecified atom stereocenters. The van der Waals surface area contributed by atoms with Crippen LogP contribution in [0.1, 0.15) is 35.1 Å². The number of Topliss-reactive ketones (excluding diaryl/α,β-unsaturated/α-hetero) is 1. The molecule has 0 radical (unpaired) electrons. The molecule has 160 valence electrons. The van der Waals surface area contributed by atoms with Gasteiger partial charge in [-0.1, -0.05) is 17.7 Å². The van der Waals surface area contributed by atoms with Crippen LogP contribution in [0, 0.1) is 5.82 Å². The van der Waals surface area contributed by atoms with Crippen LogP contribution in [0.15, 0.2) is 30.5 Å². The lowest BCUT2D eigenvalue weighted by Crippen LogP contribution is -2.29. The van der Waals surface area contributed by atoms with Crippen LogP contribution in [0.4, 0.5) is 14.9 Å². The van der Waals surface area contributed by atoms with Gasteiger partial charge in [-0.2, -0.15) is 0 Å². The van der Waals surface area contributed by atoms with Crippen molar-refractivity contribution in [1.29, 1.82) is 0 Å². The molecule has 31 heavy (non-hydrogen) atoms. The van der Waals surface area contributed by atoms with Gasteiger partial charge in [-0.15, -0.1) is 5.10 Å². The average molecular weight is 444 g/mol. The van der Waals surface area contributed by atoms with Crippen molar-refractivity contribution in [2.45, 2.75) is 26.3 Å². The number of hydrogen-bond acceptors (Lipinski definition) is 5. The molecule has 0 saturated heterocycles. The summed E-state index contributed by atoms with van der Waals surface area (Å²) in [6.07, 6.45) is 3.16. The Balaban J connectivity index is 1.52. The summed E-state index contributed by atoms with van der Waals surface area (Å²) in [6, 6.07) is 5.21. The van der Waals surface area contributed by atoms with E-state index < -0.39 is 11.8 Å². The van der Waals surface area contributed by atoms with E-state index in [1.165, 1.54) is 31.3 Å². The van der Waals surface area contributed by atoms with Crippen molar-refractivity contribution in [2.24, 2.45) is 0 Å². The standard InChI is InChI=1S/C21H19ClFN5O3/c1-11(29)17-5-4-12(9-24-17)14-7-16(23)15(22)8-18(14)26-21(30)25-10-19-13-3-2-6-31-20(13)28-27-19/h4-5,7-9H,2-3,6,10H2,1H3,(H,27,28)(H2,25,26,30). The number of pyridine rings is 1.